The predicted octanol–water partition coefficient (Wildman–Crippen LogP) is -1.35. The van der Waals surface area contributed by atoms with E-state index < -0.39 is 5.54 Å². The highest BCUT2D eigenvalue weighted by Crippen LogP contribution is 2.05. The zero-order valence-corrected chi connectivity index (χ0v) is 9.57. The van der Waals surface area contributed by atoms with Gasteiger partial charge < -0.3 is 25.2 Å². The van der Waals surface area contributed by atoms with Crippen molar-refractivity contribution < 1.29 is 14.9 Å². The number of morpholine rings is 1. The maximum Gasteiger partial charge on any atom is 0.0826 e. The summed E-state index contributed by atoms with van der Waals surface area (Å²) in [6.07, 6.45) is 0.140. The molecule has 0 radical (unpaired) electrons. The van der Waals surface area contributed by atoms with Gasteiger partial charge in [-0.2, -0.15) is 0 Å². The third-order valence-corrected chi connectivity index (χ3v) is 2.80. The van der Waals surface area contributed by atoms with Crippen molar-refractivity contribution >= 4 is 0 Å². The van der Waals surface area contributed by atoms with E-state index in [-0.39, 0.29) is 19.3 Å². The lowest BCUT2D eigenvalue weighted by Gasteiger charge is -2.33. The van der Waals surface area contributed by atoms with E-state index >= 15 is 0 Å². The molecule has 0 aromatic heterocycles. The topological polar surface area (TPSA) is 65.0 Å². The molecule has 3 N–H and O–H groups in total. The zero-order chi connectivity index (χ0) is 11.3. The molecule has 1 atom stereocenters. The van der Waals surface area contributed by atoms with Crippen LogP contribution in [0, 0.1) is 0 Å². The SMILES string of the molecule is CN1CCOC(CNC(C)(CO)CO)C1. The van der Waals surface area contributed by atoms with Crippen LogP contribution >= 0.6 is 0 Å². The van der Waals surface area contributed by atoms with Gasteiger partial charge in [-0.1, -0.05) is 0 Å². The van der Waals surface area contributed by atoms with Crippen molar-refractivity contribution in [3.05, 3.63) is 0 Å². The molecule has 0 bridgehead atoms. The quantitative estimate of drug-likeness (QED) is 0.532. The molecule has 0 aromatic rings. The van der Waals surface area contributed by atoms with Crippen LogP contribution in [0.5, 0.6) is 0 Å². The summed E-state index contributed by atoms with van der Waals surface area (Å²) in [5.74, 6) is 0. The van der Waals surface area contributed by atoms with Gasteiger partial charge in [0.05, 0.1) is 31.5 Å². The maximum absolute atomic E-state index is 9.09. The average molecular weight is 218 g/mol. The summed E-state index contributed by atoms with van der Waals surface area (Å²) in [6.45, 7) is 4.89. The molecule has 0 aliphatic carbocycles. The summed E-state index contributed by atoms with van der Waals surface area (Å²) in [5.41, 5.74) is -0.612. The first-order valence-corrected chi connectivity index (χ1v) is 5.36. The van der Waals surface area contributed by atoms with Crippen molar-refractivity contribution in [3.63, 3.8) is 0 Å². The first kappa shape index (κ1) is 12.9. The van der Waals surface area contributed by atoms with Crippen LogP contribution in [-0.2, 0) is 4.74 Å². The molecule has 5 nitrogen and oxygen atoms in total. The molecule has 1 saturated heterocycles. The van der Waals surface area contributed by atoms with Gasteiger partial charge in [0.25, 0.3) is 0 Å². The van der Waals surface area contributed by atoms with Crippen LogP contribution in [0.4, 0.5) is 0 Å². The Bertz CT molecular complexity index is 186. The number of aliphatic hydroxyl groups is 2. The third kappa shape index (κ3) is 4.04. The minimum atomic E-state index is -0.612. The first-order chi connectivity index (χ1) is 7.09. The van der Waals surface area contributed by atoms with Crippen LogP contribution in [0.1, 0.15) is 6.92 Å². The number of nitrogens with one attached hydrogen (secondary N) is 1. The van der Waals surface area contributed by atoms with E-state index in [1.54, 1.807) is 6.92 Å². The van der Waals surface area contributed by atoms with Crippen molar-refractivity contribution in [1.82, 2.24) is 10.2 Å². The lowest BCUT2D eigenvalue weighted by Crippen LogP contribution is -2.54. The number of aliphatic hydroxyl groups excluding tert-OH is 2. The maximum atomic E-state index is 9.09. The van der Waals surface area contributed by atoms with E-state index in [1.807, 2.05) is 0 Å². The molecule has 1 aliphatic heterocycles. The molecule has 90 valence electrons. The Morgan fingerprint density at radius 3 is 2.67 bits per heavy atom. The number of hydrogen-bond donors (Lipinski definition) is 3. The Hall–Kier alpha value is -0.200. The van der Waals surface area contributed by atoms with Crippen LogP contribution in [-0.4, -0.2) is 73.3 Å². The predicted molar refractivity (Wildman–Crippen MR) is 57.8 cm³/mol. The Morgan fingerprint density at radius 2 is 2.13 bits per heavy atom. The van der Waals surface area contributed by atoms with Gasteiger partial charge in [-0.3, -0.25) is 0 Å². The van der Waals surface area contributed by atoms with Gasteiger partial charge in [-0.15, -0.1) is 0 Å². The smallest absolute Gasteiger partial charge is 0.0826 e. The molecule has 0 aromatic carbocycles. The molecule has 15 heavy (non-hydrogen) atoms. The largest absolute Gasteiger partial charge is 0.394 e. The van der Waals surface area contributed by atoms with Crippen molar-refractivity contribution in [2.75, 3.05) is 46.5 Å². The Morgan fingerprint density at radius 1 is 1.47 bits per heavy atom. The molecule has 1 unspecified atom stereocenters. The molecule has 1 heterocycles. The third-order valence-electron chi connectivity index (χ3n) is 2.80. The summed E-state index contributed by atoms with van der Waals surface area (Å²) in [4.78, 5) is 2.21. The normalized spacial score (nSPS) is 24.4. The fourth-order valence-corrected chi connectivity index (χ4v) is 1.51. The molecule has 0 saturated carbocycles. The average Bonchev–Trinajstić information content (AvgIpc) is 2.26. The molecule has 1 aliphatic rings. The summed E-state index contributed by atoms with van der Waals surface area (Å²) < 4.78 is 5.57. The molecule has 5 heteroatoms. The van der Waals surface area contributed by atoms with Gasteiger partial charge >= 0.3 is 0 Å². The second kappa shape index (κ2) is 5.77. The highest BCUT2D eigenvalue weighted by molar-refractivity contribution is 4.83. The number of nitrogens with zero attached hydrogens (tertiary/aromatic N) is 1. The summed E-state index contributed by atoms with van der Waals surface area (Å²) in [6, 6.07) is 0. The van der Waals surface area contributed by atoms with Gasteiger partial charge in [-0.05, 0) is 14.0 Å². The van der Waals surface area contributed by atoms with Crippen LogP contribution in [0.3, 0.4) is 0 Å². The van der Waals surface area contributed by atoms with Crippen molar-refractivity contribution in [2.24, 2.45) is 0 Å². The first-order valence-electron chi connectivity index (χ1n) is 5.36. The number of ether oxygens (including phenoxy) is 1. The summed E-state index contributed by atoms with van der Waals surface area (Å²) in [7, 11) is 2.06. The molecule has 1 fully saturated rings. The second-order valence-electron chi connectivity index (χ2n) is 4.51. The fourth-order valence-electron chi connectivity index (χ4n) is 1.51. The van der Waals surface area contributed by atoms with Crippen molar-refractivity contribution in [3.8, 4) is 0 Å². The fraction of sp³-hybridized carbons (Fsp3) is 1.00. The number of hydrogen-bond acceptors (Lipinski definition) is 5. The highest BCUT2D eigenvalue weighted by atomic mass is 16.5. The van der Waals surface area contributed by atoms with Crippen LogP contribution in [0.2, 0.25) is 0 Å². The second-order valence-corrected chi connectivity index (χ2v) is 4.51. The van der Waals surface area contributed by atoms with E-state index in [9.17, 15) is 0 Å². The van der Waals surface area contributed by atoms with E-state index in [2.05, 4.69) is 17.3 Å². The van der Waals surface area contributed by atoms with Gasteiger partial charge in [0, 0.05) is 19.6 Å². The molecular weight excluding hydrogens is 196 g/mol. The van der Waals surface area contributed by atoms with Crippen LogP contribution in [0.25, 0.3) is 0 Å². The Labute approximate surface area is 91.0 Å². The van der Waals surface area contributed by atoms with E-state index in [0.717, 1.165) is 19.7 Å². The highest BCUT2D eigenvalue weighted by Gasteiger charge is 2.25. The summed E-state index contributed by atoms with van der Waals surface area (Å²) >= 11 is 0. The molecule has 0 amide bonds. The van der Waals surface area contributed by atoms with E-state index in [0.29, 0.717) is 6.54 Å². The Kier molecular flexibility index (Phi) is 4.95. The van der Waals surface area contributed by atoms with Gasteiger partial charge in [-0.25, -0.2) is 0 Å². The van der Waals surface area contributed by atoms with Crippen LogP contribution in [0.15, 0.2) is 0 Å². The zero-order valence-electron chi connectivity index (χ0n) is 9.57. The van der Waals surface area contributed by atoms with Crippen molar-refractivity contribution in [2.45, 2.75) is 18.6 Å². The summed E-state index contributed by atoms with van der Waals surface area (Å²) in [5, 5.41) is 21.3. The molecular formula is C10H22N2O3. The van der Waals surface area contributed by atoms with Crippen LogP contribution < -0.4 is 5.32 Å². The Balaban J connectivity index is 2.29. The number of likely N-dealkylation sites (N-methyl/N-ethyl adjacent to an activating group) is 1. The molecule has 0 spiro atoms. The van der Waals surface area contributed by atoms with Gasteiger partial charge in [0.1, 0.15) is 0 Å². The van der Waals surface area contributed by atoms with Gasteiger partial charge in [0.2, 0.25) is 0 Å². The van der Waals surface area contributed by atoms with Gasteiger partial charge in [0.15, 0.2) is 0 Å². The van der Waals surface area contributed by atoms with E-state index in [1.165, 1.54) is 0 Å². The minimum absolute atomic E-state index is 0.0773. The standard InChI is InChI=1S/C10H22N2O3/c1-10(7-13,8-14)11-5-9-6-12(2)3-4-15-9/h9,11,13-14H,3-8H2,1-2H3. The lowest BCUT2D eigenvalue weighted by molar-refractivity contribution is -0.0253. The minimum Gasteiger partial charge on any atom is -0.394 e. The monoisotopic (exact) mass is 218 g/mol. The van der Waals surface area contributed by atoms with E-state index in [4.69, 9.17) is 14.9 Å². The molecule has 1 rings (SSSR count). The lowest BCUT2D eigenvalue weighted by atomic mass is 10.1. The number of rotatable bonds is 5. The van der Waals surface area contributed by atoms with Crippen molar-refractivity contribution in [1.29, 1.82) is 0 Å².